The molecule has 1 amide bonds. The first-order valence-electron chi connectivity index (χ1n) is 13.3. The van der Waals surface area contributed by atoms with E-state index in [1.54, 1.807) is 11.2 Å². The second kappa shape index (κ2) is 10.2. The zero-order valence-electron chi connectivity index (χ0n) is 21.7. The number of anilines is 2. The van der Waals surface area contributed by atoms with Gasteiger partial charge in [-0.05, 0) is 54.8 Å². The molecule has 6 aromatic rings. The van der Waals surface area contributed by atoms with Crippen LogP contribution in [0.2, 0.25) is 0 Å². The number of aromatic nitrogens is 6. The Kier molecular flexibility index (Phi) is 6.12. The molecule has 1 fully saturated rings. The first-order chi connectivity index (χ1) is 19.7. The van der Waals surface area contributed by atoms with Gasteiger partial charge in [0, 0.05) is 35.0 Å². The minimum Gasteiger partial charge on any atom is -0.340 e. The number of benzene rings is 3. The third-order valence-corrected chi connectivity index (χ3v) is 7.19. The number of likely N-dealkylation sites (tertiary alicyclic amines) is 1. The Labute approximate surface area is 229 Å². The van der Waals surface area contributed by atoms with E-state index in [1.165, 1.54) is 5.56 Å². The van der Waals surface area contributed by atoms with Crippen LogP contribution >= 0.6 is 0 Å². The van der Waals surface area contributed by atoms with E-state index >= 15 is 0 Å². The van der Waals surface area contributed by atoms with E-state index in [9.17, 15) is 4.79 Å². The van der Waals surface area contributed by atoms with Crippen LogP contribution in [0.5, 0.6) is 0 Å². The highest BCUT2D eigenvalue weighted by atomic mass is 16.5. The fourth-order valence-corrected chi connectivity index (χ4v) is 5.11. The average Bonchev–Trinajstić information content (AvgIpc) is 3.62. The van der Waals surface area contributed by atoms with Gasteiger partial charge >= 0.3 is 0 Å². The Morgan fingerprint density at radius 1 is 0.950 bits per heavy atom. The maximum atomic E-state index is 12.2. The molecule has 0 aliphatic carbocycles. The highest BCUT2D eigenvalue weighted by Gasteiger charge is 2.21. The highest BCUT2D eigenvalue weighted by molar-refractivity contribution is 5.94. The lowest BCUT2D eigenvalue weighted by Crippen LogP contribution is -2.34. The molecule has 4 heterocycles. The van der Waals surface area contributed by atoms with Crippen molar-refractivity contribution in [2.75, 3.05) is 11.9 Å². The third kappa shape index (κ3) is 4.75. The standard InChI is InChI=1S/C30H26N8O2/c39-28-8-4-5-13-37(28)18-27-35-29(36-40-27)21-9-11-25-24(15-21)30(32-19-31-25)34-23-10-12-26-22(14-23)16-33-38(26)17-20-6-2-1-3-7-20/h1-3,6-7,9-12,14-16,19H,4-5,8,13,17-18H2,(H,31,32,34). The number of rotatable bonds is 7. The van der Waals surface area contributed by atoms with Gasteiger partial charge in [0.1, 0.15) is 12.1 Å². The summed E-state index contributed by atoms with van der Waals surface area (Å²) in [5.41, 5.74) is 4.73. The summed E-state index contributed by atoms with van der Waals surface area (Å²) in [6, 6.07) is 22.2. The second-order valence-electron chi connectivity index (χ2n) is 9.92. The lowest BCUT2D eigenvalue weighted by molar-refractivity contribution is -0.134. The van der Waals surface area contributed by atoms with Crippen molar-refractivity contribution in [1.82, 2.24) is 34.8 Å². The van der Waals surface area contributed by atoms with E-state index in [-0.39, 0.29) is 5.91 Å². The van der Waals surface area contributed by atoms with Gasteiger partial charge in [-0.2, -0.15) is 10.1 Å². The molecule has 0 saturated carbocycles. The molecule has 40 heavy (non-hydrogen) atoms. The summed E-state index contributed by atoms with van der Waals surface area (Å²) in [4.78, 5) is 27.4. The van der Waals surface area contributed by atoms with Crippen molar-refractivity contribution in [3.63, 3.8) is 0 Å². The van der Waals surface area contributed by atoms with Crippen LogP contribution in [0.15, 0.2) is 83.8 Å². The van der Waals surface area contributed by atoms with Crippen LogP contribution in [0, 0.1) is 0 Å². The molecule has 7 rings (SSSR count). The summed E-state index contributed by atoms with van der Waals surface area (Å²) in [5.74, 6) is 1.69. The predicted molar refractivity (Wildman–Crippen MR) is 151 cm³/mol. The summed E-state index contributed by atoms with van der Waals surface area (Å²) in [7, 11) is 0. The molecule has 1 saturated heterocycles. The molecule has 198 valence electrons. The van der Waals surface area contributed by atoms with Crippen molar-refractivity contribution < 1.29 is 9.32 Å². The monoisotopic (exact) mass is 530 g/mol. The molecule has 0 radical (unpaired) electrons. The third-order valence-electron chi connectivity index (χ3n) is 7.19. The van der Waals surface area contributed by atoms with Crippen molar-refractivity contribution in [2.45, 2.75) is 32.4 Å². The number of piperidine rings is 1. The maximum Gasteiger partial charge on any atom is 0.246 e. The maximum absolute atomic E-state index is 12.2. The lowest BCUT2D eigenvalue weighted by atomic mass is 10.1. The number of amides is 1. The predicted octanol–water partition coefficient (Wildman–Crippen LogP) is 5.33. The largest absolute Gasteiger partial charge is 0.340 e. The summed E-state index contributed by atoms with van der Waals surface area (Å²) in [6.45, 7) is 1.76. The number of carbonyl (C=O) groups is 1. The molecule has 3 aromatic heterocycles. The van der Waals surface area contributed by atoms with Gasteiger partial charge in [-0.1, -0.05) is 35.5 Å². The Balaban J connectivity index is 1.14. The van der Waals surface area contributed by atoms with E-state index in [2.05, 4.69) is 54.8 Å². The molecule has 0 unspecified atom stereocenters. The van der Waals surface area contributed by atoms with Gasteiger partial charge < -0.3 is 14.7 Å². The van der Waals surface area contributed by atoms with E-state index in [1.807, 2.05) is 53.3 Å². The fraction of sp³-hybridized carbons (Fsp3) is 0.200. The molecule has 1 aliphatic heterocycles. The molecule has 1 aliphatic rings. The molecule has 0 spiro atoms. The van der Waals surface area contributed by atoms with E-state index in [4.69, 9.17) is 4.52 Å². The quantitative estimate of drug-likeness (QED) is 0.294. The van der Waals surface area contributed by atoms with E-state index in [0.29, 0.717) is 37.0 Å². The van der Waals surface area contributed by atoms with Crippen LogP contribution in [-0.2, 0) is 17.9 Å². The zero-order valence-corrected chi connectivity index (χ0v) is 21.7. The molecular weight excluding hydrogens is 504 g/mol. The van der Waals surface area contributed by atoms with Crippen LogP contribution in [0.25, 0.3) is 33.2 Å². The van der Waals surface area contributed by atoms with Crippen molar-refractivity contribution in [1.29, 1.82) is 0 Å². The number of carbonyl (C=O) groups excluding carboxylic acids is 1. The van der Waals surface area contributed by atoms with E-state index in [0.717, 1.165) is 52.4 Å². The number of nitrogens with zero attached hydrogens (tertiary/aromatic N) is 7. The van der Waals surface area contributed by atoms with Crippen molar-refractivity contribution in [3.8, 4) is 11.4 Å². The van der Waals surface area contributed by atoms with E-state index < -0.39 is 0 Å². The summed E-state index contributed by atoms with van der Waals surface area (Å²) in [6.07, 6.45) is 5.93. The summed E-state index contributed by atoms with van der Waals surface area (Å²) in [5, 5.41) is 14.1. The lowest BCUT2D eigenvalue weighted by Gasteiger charge is -2.24. The molecule has 0 bridgehead atoms. The van der Waals surface area contributed by atoms with Crippen LogP contribution in [0.1, 0.15) is 30.7 Å². The van der Waals surface area contributed by atoms with Gasteiger partial charge in [0.2, 0.25) is 17.6 Å². The second-order valence-corrected chi connectivity index (χ2v) is 9.92. The molecule has 10 nitrogen and oxygen atoms in total. The normalized spacial score (nSPS) is 13.8. The van der Waals surface area contributed by atoms with Crippen molar-refractivity contribution >= 4 is 39.2 Å². The number of hydrogen-bond acceptors (Lipinski definition) is 8. The number of hydrogen-bond donors (Lipinski definition) is 1. The Hall–Kier alpha value is -5.12. The van der Waals surface area contributed by atoms with Gasteiger partial charge in [-0.3, -0.25) is 9.48 Å². The summed E-state index contributed by atoms with van der Waals surface area (Å²) < 4.78 is 7.48. The fourth-order valence-electron chi connectivity index (χ4n) is 5.11. The van der Waals surface area contributed by atoms with Gasteiger partial charge in [-0.15, -0.1) is 0 Å². The van der Waals surface area contributed by atoms with Gasteiger partial charge in [-0.25, -0.2) is 9.97 Å². The van der Waals surface area contributed by atoms with Gasteiger partial charge in [0.05, 0.1) is 30.3 Å². The zero-order chi connectivity index (χ0) is 26.9. The number of fused-ring (bicyclic) bond motifs is 2. The van der Waals surface area contributed by atoms with Crippen molar-refractivity contribution in [3.05, 3.63) is 90.7 Å². The smallest absolute Gasteiger partial charge is 0.246 e. The minimum absolute atomic E-state index is 0.131. The molecule has 3 aromatic carbocycles. The highest BCUT2D eigenvalue weighted by Crippen LogP contribution is 2.29. The molecular formula is C30H26N8O2. The number of nitrogens with one attached hydrogen (secondary N) is 1. The summed E-state index contributed by atoms with van der Waals surface area (Å²) >= 11 is 0. The first kappa shape index (κ1) is 24.0. The molecule has 10 heteroatoms. The van der Waals surface area contributed by atoms with Crippen molar-refractivity contribution in [2.24, 2.45) is 0 Å². The molecule has 1 N–H and O–H groups in total. The van der Waals surface area contributed by atoms with Crippen LogP contribution in [0.4, 0.5) is 11.5 Å². The van der Waals surface area contributed by atoms with Crippen LogP contribution < -0.4 is 5.32 Å². The minimum atomic E-state index is 0.131. The Morgan fingerprint density at radius 2 is 1.88 bits per heavy atom. The Bertz CT molecular complexity index is 1830. The average molecular weight is 531 g/mol. The molecule has 0 atom stereocenters. The van der Waals surface area contributed by atoms with Crippen LogP contribution in [-0.4, -0.2) is 47.2 Å². The SMILES string of the molecule is O=C1CCCCN1Cc1nc(-c2ccc3ncnc(Nc4ccc5c(cnn5Cc5ccccc5)c4)c3c2)no1. The Morgan fingerprint density at radius 3 is 2.77 bits per heavy atom. The topological polar surface area (TPSA) is 115 Å². The van der Waals surface area contributed by atoms with Crippen LogP contribution in [0.3, 0.4) is 0 Å². The first-order valence-corrected chi connectivity index (χ1v) is 13.3. The van der Waals surface area contributed by atoms with Gasteiger partial charge in [0.15, 0.2) is 0 Å². The van der Waals surface area contributed by atoms with Gasteiger partial charge in [0.25, 0.3) is 0 Å².